The smallest absolute Gasteiger partial charge is 0.0640 e. The Balaban J connectivity index is 2.36. The Morgan fingerprint density at radius 2 is 2.11 bits per heavy atom. The van der Waals surface area contributed by atoms with Crippen LogP contribution in [0, 0.1) is 0 Å². The maximum absolute atomic E-state index is 6.37. The second kappa shape index (κ2) is 6.45. The predicted molar refractivity (Wildman–Crippen MR) is 82.9 cm³/mol. The van der Waals surface area contributed by atoms with Crippen molar-refractivity contribution in [3.8, 4) is 0 Å². The minimum absolute atomic E-state index is 0.161. The lowest BCUT2D eigenvalue weighted by Gasteiger charge is -2.36. The molecule has 2 nitrogen and oxygen atoms in total. The largest absolute Gasteiger partial charge is 0.329 e. The Kier molecular flexibility index (Phi) is 5.13. The zero-order valence-electron chi connectivity index (χ0n) is 11.6. The van der Waals surface area contributed by atoms with Crippen molar-refractivity contribution in [2.45, 2.75) is 51.2 Å². The molecule has 0 radical (unpaired) electrons. The Bertz CT molecular complexity index is 436. The molecule has 0 bridgehead atoms. The average Bonchev–Trinajstić information content (AvgIpc) is 2.77. The summed E-state index contributed by atoms with van der Waals surface area (Å²) in [5.41, 5.74) is 7.10. The van der Waals surface area contributed by atoms with Crippen LogP contribution in [0.4, 0.5) is 0 Å². The van der Waals surface area contributed by atoms with Gasteiger partial charge < -0.3 is 5.73 Å². The molecule has 1 aliphatic heterocycles. The minimum atomic E-state index is 0.161. The minimum Gasteiger partial charge on any atom is -0.329 e. The van der Waals surface area contributed by atoms with Crippen molar-refractivity contribution in [3.05, 3.63) is 33.8 Å². The van der Waals surface area contributed by atoms with Crippen LogP contribution in [0.5, 0.6) is 0 Å². The summed E-state index contributed by atoms with van der Waals surface area (Å²) in [4.78, 5) is 2.53. The van der Waals surface area contributed by atoms with Gasteiger partial charge in [-0.15, -0.1) is 0 Å². The Morgan fingerprint density at radius 3 is 2.74 bits per heavy atom. The molecule has 0 aromatic heterocycles. The van der Waals surface area contributed by atoms with Crippen LogP contribution in [0.25, 0.3) is 0 Å². The summed E-state index contributed by atoms with van der Waals surface area (Å²) < 4.78 is 0. The molecule has 0 amide bonds. The second-order valence-electron chi connectivity index (χ2n) is 5.33. The summed E-state index contributed by atoms with van der Waals surface area (Å²) >= 11 is 12.5. The number of halogens is 2. The molecular weight excluding hydrogens is 279 g/mol. The van der Waals surface area contributed by atoms with Gasteiger partial charge in [0.25, 0.3) is 0 Å². The highest BCUT2D eigenvalue weighted by molar-refractivity contribution is 6.42. The summed E-state index contributed by atoms with van der Waals surface area (Å²) in [7, 11) is 0. The van der Waals surface area contributed by atoms with Crippen LogP contribution in [0.15, 0.2) is 18.2 Å². The number of hydrogen-bond donors (Lipinski definition) is 1. The van der Waals surface area contributed by atoms with Gasteiger partial charge in [0.15, 0.2) is 0 Å². The topological polar surface area (TPSA) is 29.3 Å². The van der Waals surface area contributed by atoms with Crippen molar-refractivity contribution in [3.63, 3.8) is 0 Å². The van der Waals surface area contributed by atoms with Gasteiger partial charge >= 0.3 is 0 Å². The van der Waals surface area contributed by atoms with Gasteiger partial charge in [-0.05, 0) is 37.8 Å². The first kappa shape index (κ1) is 15.1. The fourth-order valence-corrected chi connectivity index (χ4v) is 3.69. The monoisotopic (exact) mass is 300 g/mol. The van der Waals surface area contributed by atoms with E-state index in [0.717, 1.165) is 12.0 Å². The van der Waals surface area contributed by atoms with E-state index in [9.17, 15) is 0 Å². The highest BCUT2D eigenvalue weighted by Gasteiger charge is 2.35. The van der Waals surface area contributed by atoms with E-state index in [4.69, 9.17) is 28.9 Å². The van der Waals surface area contributed by atoms with Crippen molar-refractivity contribution >= 4 is 23.2 Å². The van der Waals surface area contributed by atoms with Gasteiger partial charge in [-0.2, -0.15) is 0 Å². The Hall–Kier alpha value is -0.280. The first-order chi connectivity index (χ1) is 9.10. The molecule has 0 spiro atoms. The molecular formula is C15H22Cl2N2. The zero-order chi connectivity index (χ0) is 14.0. The lowest BCUT2D eigenvalue weighted by molar-refractivity contribution is 0.137. The molecule has 0 saturated carbocycles. The molecule has 1 saturated heterocycles. The van der Waals surface area contributed by atoms with E-state index in [-0.39, 0.29) is 6.04 Å². The van der Waals surface area contributed by atoms with Crippen molar-refractivity contribution in [2.75, 3.05) is 6.54 Å². The van der Waals surface area contributed by atoms with Crippen LogP contribution in [-0.2, 0) is 0 Å². The molecule has 1 aromatic carbocycles. The summed E-state index contributed by atoms with van der Waals surface area (Å²) in [5, 5.41) is 1.26. The van der Waals surface area contributed by atoms with E-state index >= 15 is 0 Å². The third kappa shape index (κ3) is 2.92. The van der Waals surface area contributed by atoms with E-state index in [1.807, 2.05) is 18.2 Å². The molecule has 3 unspecified atom stereocenters. The van der Waals surface area contributed by atoms with Crippen molar-refractivity contribution in [2.24, 2.45) is 5.73 Å². The molecule has 4 heteroatoms. The second-order valence-corrected chi connectivity index (χ2v) is 6.12. The van der Waals surface area contributed by atoms with Gasteiger partial charge in [-0.1, -0.05) is 42.3 Å². The fourth-order valence-electron chi connectivity index (χ4n) is 3.26. The summed E-state index contributed by atoms with van der Waals surface area (Å²) in [6.07, 6.45) is 3.62. The van der Waals surface area contributed by atoms with Gasteiger partial charge in [0, 0.05) is 24.7 Å². The molecule has 106 valence electrons. The molecule has 1 aromatic rings. The molecule has 1 heterocycles. The third-order valence-electron chi connectivity index (χ3n) is 4.24. The normalized spacial score (nSPS) is 25.7. The number of hydrogen-bond acceptors (Lipinski definition) is 2. The number of nitrogens with zero attached hydrogens (tertiary/aromatic N) is 1. The SMILES string of the molecule is CCC1CCC(C)N1C(CN)c1cccc(Cl)c1Cl. The molecule has 3 atom stereocenters. The molecule has 2 N–H and O–H groups in total. The predicted octanol–water partition coefficient (Wildman–Crippen LogP) is 4.26. The van der Waals surface area contributed by atoms with Gasteiger partial charge in [0.2, 0.25) is 0 Å². The standard InChI is InChI=1S/C15H22Cl2N2/c1-3-11-8-7-10(2)19(11)14(9-18)12-5-4-6-13(16)15(12)17/h4-6,10-11,14H,3,7-9,18H2,1-2H3. The molecule has 1 fully saturated rings. The first-order valence-corrected chi connectivity index (χ1v) is 7.77. The highest BCUT2D eigenvalue weighted by atomic mass is 35.5. The Morgan fingerprint density at radius 1 is 1.37 bits per heavy atom. The van der Waals surface area contributed by atoms with E-state index in [2.05, 4.69) is 18.7 Å². The Labute approximate surface area is 125 Å². The van der Waals surface area contributed by atoms with Crippen LogP contribution in [0.1, 0.15) is 44.7 Å². The van der Waals surface area contributed by atoms with Gasteiger partial charge in [-0.3, -0.25) is 4.90 Å². The van der Waals surface area contributed by atoms with Gasteiger partial charge in [0.1, 0.15) is 0 Å². The maximum atomic E-state index is 6.37. The van der Waals surface area contributed by atoms with E-state index < -0.39 is 0 Å². The molecule has 1 aliphatic rings. The number of rotatable bonds is 4. The lowest BCUT2D eigenvalue weighted by atomic mass is 10.0. The van der Waals surface area contributed by atoms with Crippen LogP contribution in [0.3, 0.4) is 0 Å². The maximum Gasteiger partial charge on any atom is 0.0640 e. The summed E-state index contributed by atoms with van der Waals surface area (Å²) in [6, 6.07) is 7.13. The van der Waals surface area contributed by atoms with Gasteiger partial charge in [0.05, 0.1) is 10.0 Å². The van der Waals surface area contributed by atoms with Crippen LogP contribution in [0.2, 0.25) is 10.0 Å². The quantitative estimate of drug-likeness (QED) is 0.900. The lowest BCUT2D eigenvalue weighted by Crippen LogP contribution is -2.41. The molecule has 19 heavy (non-hydrogen) atoms. The summed E-state index contributed by atoms with van der Waals surface area (Å²) in [6.45, 7) is 5.08. The third-order valence-corrected chi connectivity index (χ3v) is 5.08. The fraction of sp³-hybridized carbons (Fsp3) is 0.600. The van der Waals surface area contributed by atoms with Crippen LogP contribution < -0.4 is 5.73 Å². The first-order valence-electron chi connectivity index (χ1n) is 7.01. The highest BCUT2D eigenvalue weighted by Crippen LogP contribution is 2.38. The van der Waals surface area contributed by atoms with Crippen LogP contribution >= 0.6 is 23.2 Å². The number of nitrogens with two attached hydrogens (primary N) is 1. The van der Waals surface area contributed by atoms with E-state index in [0.29, 0.717) is 28.7 Å². The molecule has 0 aliphatic carbocycles. The van der Waals surface area contributed by atoms with Crippen molar-refractivity contribution in [1.29, 1.82) is 0 Å². The van der Waals surface area contributed by atoms with E-state index in [1.165, 1.54) is 12.8 Å². The average molecular weight is 301 g/mol. The number of likely N-dealkylation sites (tertiary alicyclic amines) is 1. The number of benzene rings is 1. The van der Waals surface area contributed by atoms with Crippen molar-refractivity contribution < 1.29 is 0 Å². The molecule has 2 rings (SSSR count). The zero-order valence-corrected chi connectivity index (χ0v) is 13.1. The van der Waals surface area contributed by atoms with E-state index in [1.54, 1.807) is 0 Å². The van der Waals surface area contributed by atoms with Crippen molar-refractivity contribution in [1.82, 2.24) is 4.90 Å². The van der Waals surface area contributed by atoms with Gasteiger partial charge in [-0.25, -0.2) is 0 Å². The van der Waals surface area contributed by atoms with Crippen LogP contribution in [-0.4, -0.2) is 23.5 Å². The summed E-state index contributed by atoms with van der Waals surface area (Å²) in [5.74, 6) is 0.